The Hall–Kier alpha value is -0.643. The van der Waals surface area contributed by atoms with Crippen molar-refractivity contribution in [2.75, 3.05) is 14.2 Å². The Bertz CT molecular complexity index is 474. The number of hydrogen-bond donors (Lipinski definition) is 0. The van der Waals surface area contributed by atoms with Crippen LogP contribution in [0.2, 0.25) is 5.04 Å². The van der Waals surface area contributed by atoms with E-state index in [-0.39, 0.29) is 0 Å². The zero-order valence-corrected chi connectivity index (χ0v) is 14.2. The summed E-state index contributed by atoms with van der Waals surface area (Å²) in [6.45, 7) is 0. The summed E-state index contributed by atoms with van der Waals surface area (Å²) in [5.74, 6) is 2.78. The second-order valence-corrected chi connectivity index (χ2v) is 11.3. The van der Waals surface area contributed by atoms with Crippen LogP contribution in [0.3, 0.4) is 0 Å². The van der Waals surface area contributed by atoms with E-state index in [0.29, 0.717) is 5.04 Å². The van der Waals surface area contributed by atoms with Crippen molar-refractivity contribution in [3.63, 3.8) is 0 Å². The van der Waals surface area contributed by atoms with E-state index in [9.17, 15) is 0 Å². The molecule has 3 heteroatoms. The molecule has 21 heavy (non-hydrogen) atoms. The summed E-state index contributed by atoms with van der Waals surface area (Å²) in [5, 5.41) is 1.64. The first-order valence-corrected chi connectivity index (χ1v) is 10.2. The third-order valence-electron chi connectivity index (χ3n) is 6.47. The quantitative estimate of drug-likeness (QED) is 0.791. The second-order valence-electron chi connectivity index (χ2n) is 7.59. The summed E-state index contributed by atoms with van der Waals surface area (Å²) >= 11 is 0. The SMILES string of the molecule is CO[Si](OC)(c1ccccc1)C12CC3CC(CC(C3)C1)C2. The van der Waals surface area contributed by atoms with Crippen LogP contribution < -0.4 is 5.19 Å². The molecule has 0 saturated heterocycles. The van der Waals surface area contributed by atoms with Crippen molar-refractivity contribution >= 4 is 13.7 Å². The van der Waals surface area contributed by atoms with Crippen molar-refractivity contribution in [1.29, 1.82) is 0 Å². The van der Waals surface area contributed by atoms with E-state index < -0.39 is 8.56 Å². The van der Waals surface area contributed by atoms with Crippen molar-refractivity contribution in [1.82, 2.24) is 0 Å². The Morgan fingerprint density at radius 2 is 1.33 bits per heavy atom. The lowest BCUT2D eigenvalue weighted by Crippen LogP contribution is -2.66. The Morgan fingerprint density at radius 1 is 0.857 bits per heavy atom. The number of rotatable bonds is 4. The molecule has 4 saturated carbocycles. The van der Waals surface area contributed by atoms with Crippen molar-refractivity contribution in [2.24, 2.45) is 17.8 Å². The van der Waals surface area contributed by atoms with Crippen molar-refractivity contribution < 1.29 is 8.85 Å². The summed E-state index contributed by atoms with van der Waals surface area (Å²) in [6.07, 6.45) is 8.40. The first-order chi connectivity index (χ1) is 10.2. The average Bonchev–Trinajstić information content (AvgIpc) is 2.48. The molecule has 5 rings (SSSR count). The summed E-state index contributed by atoms with van der Waals surface area (Å²) in [6, 6.07) is 10.8. The van der Waals surface area contributed by atoms with Crippen molar-refractivity contribution in [2.45, 2.75) is 43.6 Å². The molecule has 2 nitrogen and oxygen atoms in total. The van der Waals surface area contributed by atoms with E-state index in [2.05, 4.69) is 30.3 Å². The van der Waals surface area contributed by atoms with Gasteiger partial charge in [0.15, 0.2) is 0 Å². The third-order valence-corrected chi connectivity index (χ3v) is 10.7. The van der Waals surface area contributed by atoms with Crippen LogP contribution in [0.15, 0.2) is 30.3 Å². The van der Waals surface area contributed by atoms with Crippen LogP contribution in [-0.2, 0) is 8.85 Å². The molecule has 4 fully saturated rings. The molecule has 0 aromatic heterocycles. The zero-order valence-electron chi connectivity index (χ0n) is 13.2. The Labute approximate surface area is 129 Å². The fourth-order valence-corrected chi connectivity index (χ4v) is 10.6. The summed E-state index contributed by atoms with van der Waals surface area (Å²) in [5.41, 5.74) is 0. The predicted molar refractivity (Wildman–Crippen MR) is 86.7 cm³/mol. The monoisotopic (exact) mass is 302 g/mol. The second kappa shape index (κ2) is 4.93. The number of hydrogen-bond acceptors (Lipinski definition) is 2. The van der Waals surface area contributed by atoms with Crippen LogP contribution in [0.5, 0.6) is 0 Å². The van der Waals surface area contributed by atoms with Gasteiger partial charge in [-0.3, -0.25) is 0 Å². The van der Waals surface area contributed by atoms with E-state index in [1.807, 2.05) is 14.2 Å². The Balaban J connectivity index is 1.81. The highest BCUT2D eigenvalue weighted by molar-refractivity contribution is 6.83. The van der Waals surface area contributed by atoms with Crippen LogP contribution in [0.4, 0.5) is 0 Å². The maximum absolute atomic E-state index is 6.27. The van der Waals surface area contributed by atoms with Gasteiger partial charge in [0.2, 0.25) is 0 Å². The largest absolute Gasteiger partial charge is 0.394 e. The molecule has 1 aromatic rings. The third kappa shape index (κ3) is 1.90. The van der Waals surface area contributed by atoms with E-state index in [0.717, 1.165) is 17.8 Å². The highest BCUT2D eigenvalue weighted by Gasteiger charge is 2.65. The van der Waals surface area contributed by atoms with Crippen LogP contribution in [-0.4, -0.2) is 22.8 Å². The molecular weight excluding hydrogens is 276 g/mol. The van der Waals surface area contributed by atoms with Gasteiger partial charge in [-0.2, -0.15) is 0 Å². The molecule has 0 radical (unpaired) electrons. The van der Waals surface area contributed by atoms with E-state index >= 15 is 0 Å². The molecule has 0 N–H and O–H groups in total. The van der Waals surface area contributed by atoms with Gasteiger partial charge in [0.25, 0.3) is 0 Å². The minimum Gasteiger partial charge on any atom is -0.394 e. The predicted octanol–water partition coefficient (Wildman–Crippen LogP) is 3.60. The fraction of sp³-hybridized carbons (Fsp3) is 0.667. The van der Waals surface area contributed by atoms with Gasteiger partial charge in [-0.1, -0.05) is 30.3 Å². The van der Waals surface area contributed by atoms with E-state index in [1.165, 1.54) is 43.7 Å². The number of benzene rings is 1. The van der Waals surface area contributed by atoms with Crippen LogP contribution >= 0.6 is 0 Å². The van der Waals surface area contributed by atoms with Gasteiger partial charge in [-0.25, -0.2) is 0 Å². The lowest BCUT2D eigenvalue weighted by atomic mass is 9.56. The van der Waals surface area contributed by atoms with Crippen molar-refractivity contribution in [3.05, 3.63) is 30.3 Å². The Kier molecular flexibility index (Phi) is 3.29. The lowest BCUT2D eigenvalue weighted by Gasteiger charge is -2.61. The molecule has 4 bridgehead atoms. The minimum atomic E-state index is -2.37. The Morgan fingerprint density at radius 3 is 1.76 bits per heavy atom. The maximum atomic E-state index is 6.27. The summed E-state index contributed by atoms with van der Waals surface area (Å²) in [7, 11) is 1.41. The fourth-order valence-electron chi connectivity index (χ4n) is 6.23. The normalized spacial score (nSPS) is 37.9. The highest BCUT2D eigenvalue weighted by Crippen LogP contribution is 2.67. The standard InChI is InChI=1S/C18H26O2Si/c1-19-21(20-2,17-6-4-3-5-7-17)18-11-14-8-15(12-18)10-16(9-14)13-18/h3-7,14-16H,8-13H2,1-2H3. The molecule has 0 aliphatic heterocycles. The molecule has 0 spiro atoms. The van der Waals surface area contributed by atoms with Gasteiger partial charge >= 0.3 is 8.56 Å². The summed E-state index contributed by atoms with van der Waals surface area (Å²) in [4.78, 5) is 0. The van der Waals surface area contributed by atoms with E-state index in [4.69, 9.17) is 8.85 Å². The van der Waals surface area contributed by atoms with Gasteiger partial charge in [0.1, 0.15) is 0 Å². The van der Waals surface area contributed by atoms with Gasteiger partial charge in [0, 0.05) is 19.3 Å². The topological polar surface area (TPSA) is 18.5 Å². The van der Waals surface area contributed by atoms with Gasteiger partial charge < -0.3 is 8.85 Å². The first kappa shape index (κ1) is 14.0. The average molecular weight is 302 g/mol. The molecule has 1 aromatic carbocycles. The van der Waals surface area contributed by atoms with Crippen LogP contribution in [0.25, 0.3) is 0 Å². The molecule has 4 aliphatic rings. The lowest BCUT2D eigenvalue weighted by molar-refractivity contribution is 0.00474. The van der Waals surface area contributed by atoms with E-state index in [1.54, 1.807) is 0 Å². The molecular formula is C18H26O2Si. The molecule has 0 amide bonds. The molecule has 114 valence electrons. The van der Waals surface area contributed by atoms with Gasteiger partial charge in [-0.05, 0) is 61.5 Å². The molecule has 0 unspecified atom stereocenters. The summed E-state index contributed by atoms with van der Waals surface area (Å²) < 4.78 is 12.5. The smallest absolute Gasteiger partial charge is 0.378 e. The van der Waals surface area contributed by atoms with Crippen molar-refractivity contribution in [3.8, 4) is 0 Å². The van der Waals surface area contributed by atoms with Crippen LogP contribution in [0, 0.1) is 17.8 Å². The molecule has 0 heterocycles. The van der Waals surface area contributed by atoms with Gasteiger partial charge in [0.05, 0.1) is 0 Å². The first-order valence-electron chi connectivity index (χ1n) is 8.37. The maximum Gasteiger partial charge on any atom is 0.378 e. The minimum absolute atomic E-state index is 0.312. The van der Waals surface area contributed by atoms with Gasteiger partial charge in [-0.15, -0.1) is 0 Å². The molecule has 0 atom stereocenters. The molecule has 4 aliphatic carbocycles. The van der Waals surface area contributed by atoms with Crippen LogP contribution in [0.1, 0.15) is 38.5 Å². The zero-order chi connectivity index (χ0) is 14.5. The highest BCUT2D eigenvalue weighted by atomic mass is 28.4.